The van der Waals surface area contributed by atoms with Crippen molar-refractivity contribution in [2.24, 2.45) is 0 Å². The summed E-state index contributed by atoms with van der Waals surface area (Å²) in [4.78, 5) is 23.8. The van der Waals surface area contributed by atoms with Crippen molar-refractivity contribution in [1.82, 2.24) is 0 Å². The van der Waals surface area contributed by atoms with E-state index in [9.17, 15) is 9.59 Å². The molecule has 0 radical (unpaired) electrons. The van der Waals surface area contributed by atoms with Crippen LogP contribution in [0.5, 0.6) is 5.75 Å². The van der Waals surface area contributed by atoms with E-state index >= 15 is 0 Å². The SMILES string of the molecule is C=CCOc1cccc(NC(=O)CCCC(=O)OCCCc2ccccc2)c1. The van der Waals surface area contributed by atoms with Crippen LogP contribution in [0.3, 0.4) is 0 Å². The zero-order valence-corrected chi connectivity index (χ0v) is 16.1. The fourth-order valence-corrected chi connectivity index (χ4v) is 2.61. The lowest BCUT2D eigenvalue weighted by atomic mass is 10.1. The average molecular weight is 381 g/mol. The van der Waals surface area contributed by atoms with Crippen molar-refractivity contribution in [3.05, 3.63) is 72.8 Å². The minimum atomic E-state index is -0.263. The van der Waals surface area contributed by atoms with Crippen LogP contribution in [0, 0.1) is 0 Å². The molecule has 0 atom stereocenters. The van der Waals surface area contributed by atoms with E-state index in [1.54, 1.807) is 24.3 Å². The van der Waals surface area contributed by atoms with Crippen LogP contribution in [0.4, 0.5) is 5.69 Å². The van der Waals surface area contributed by atoms with Crippen molar-refractivity contribution in [3.63, 3.8) is 0 Å². The van der Waals surface area contributed by atoms with Gasteiger partial charge in [0.05, 0.1) is 6.61 Å². The lowest BCUT2D eigenvalue weighted by molar-refractivity contribution is -0.143. The number of esters is 1. The molecule has 0 saturated carbocycles. The van der Waals surface area contributed by atoms with Crippen LogP contribution in [-0.2, 0) is 20.7 Å². The molecule has 2 rings (SSSR count). The number of carbonyl (C=O) groups is 2. The first-order valence-electron chi connectivity index (χ1n) is 9.50. The number of hydrogen-bond donors (Lipinski definition) is 1. The summed E-state index contributed by atoms with van der Waals surface area (Å²) >= 11 is 0. The molecule has 0 aliphatic rings. The van der Waals surface area contributed by atoms with Gasteiger partial charge < -0.3 is 14.8 Å². The zero-order chi connectivity index (χ0) is 20.0. The second-order valence-electron chi connectivity index (χ2n) is 6.34. The summed E-state index contributed by atoms with van der Waals surface area (Å²) in [6.07, 6.45) is 4.28. The summed E-state index contributed by atoms with van der Waals surface area (Å²) in [5.41, 5.74) is 1.89. The number of nitrogens with one attached hydrogen (secondary N) is 1. The summed E-state index contributed by atoms with van der Waals surface area (Å²) < 4.78 is 10.7. The number of hydrogen-bond acceptors (Lipinski definition) is 4. The Morgan fingerprint density at radius 2 is 1.82 bits per heavy atom. The van der Waals surface area contributed by atoms with Crippen molar-refractivity contribution < 1.29 is 19.1 Å². The van der Waals surface area contributed by atoms with E-state index in [2.05, 4.69) is 24.0 Å². The molecule has 5 nitrogen and oxygen atoms in total. The number of anilines is 1. The van der Waals surface area contributed by atoms with Crippen molar-refractivity contribution in [2.75, 3.05) is 18.5 Å². The van der Waals surface area contributed by atoms with Gasteiger partial charge in [-0.2, -0.15) is 0 Å². The Kier molecular flexibility index (Phi) is 9.35. The van der Waals surface area contributed by atoms with Gasteiger partial charge in [-0.1, -0.05) is 49.1 Å². The topological polar surface area (TPSA) is 64.6 Å². The molecule has 1 amide bonds. The van der Waals surface area contributed by atoms with Crippen LogP contribution in [0.2, 0.25) is 0 Å². The quantitative estimate of drug-likeness (QED) is 0.333. The Bertz CT molecular complexity index is 758. The largest absolute Gasteiger partial charge is 0.489 e. The summed E-state index contributed by atoms with van der Waals surface area (Å²) in [6.45, 7) is 4.41. The molecule has 0 spiro atoms. The Balaban J connectivity index is 1.58. The third kappa shape index (κ3) is 8.54. The van der Waals surface area contributed by atoms with Crippen LogP contribution >= 0.6 is 0 Å². The number of rotatable bonds is 12. The highest BCUT2D eigenvalue weighted by molar-refractivity contribution is 5.91. The number of benzene rings is 2. The first-order valence-corrected chi connectivity index (χ1v) is 9.50. The van der Waals surface area contributed by atoms with Gasteiger partial charge in [0, 0.05) is 24.6 Å². The van der Waals surface area contributed by atoms with E-state index in [1.807, 2.05) is 24.3 Å². The molecule has 1 N–H and O–H groups in total. The van der Waals surface area contributed by atoms with Crippen LogP contribution in [0.1, 0.15) is 31.2 Å². The normalized spacial score (nSPS) is 10.1. The lowest BCUT2D eigenvalue weighted by Crippen LogP contribution is -2.13. The van der Waals surface area contributed by atoms with E-state index in [4.69, 9.17) is 9.47 Å². The summed E-state index contributed by atoms with van der Waals surface area (Å²) in [6, 6.07) is 17.3. The zero-order valence-electron chi connectivity index (χ0n) is 16.1. The molecule has 5 heteroatoms. The van der Waals surface area contributed by atoms with Gasteiger partial charge in [0.15, 0.2) is 0 Å². The van der Waals surface area contributed by atoms with Gasteiger partial charge in [0.25, 0.3) is 0 Å². The maximum atomic E-state index is 12.0. The highest BCUT2D eigenvalue weighted by atomic mass is 16.5. The highest BCUT2D eigenvalue weighted by Gasteiger charge is 2.07. The van der Waals surface area contributed by atoms with Crippen molar-refractivity contribution in [2.45, 2.75) is 32.1 Å². The number of ether oxygens (including phenoxy) is 2. The summed E-state index contributed by atoms with van der Waals surface area (Å²) in [5.74, 6) is 0.259. The first kappa shape index (κ1) is 21.2. The molecule has 0 heterocycles. The van der Waals surface area contributed by atoms with Crippen LogP contribution in [0.25, 0.3) is 0 Å². The summed E-state index contributed by atoms with van der Waals surface area (Å²) in [5, 5.41) is 2.81. The van der Waals surface area contributed by atoms with E-state index in [0.717, 1.165) is 12.8 Å². The number of carbonyl (C=O) groups excluding carboxylic acids is 2. The van der Waals surface area contributed by atoms with Crippen molar-refractivity contribution in [1.29, 1.82) is 0 Å². The van der Waals surface area contributed by atoms with E-state index in [-0.39, 0.29) is 24.7 Å². The smallest absolute Gasteiger partial charge is 0.305 e. The van der Waals surface area contributed by atoms with Crippen LogP contribution in [0.15, 0.2) is 67.3 Å². The third-order valence-electron chi connectivity index (χ3n) is 3.99. The molecule has 148 valence electrons. The van der Waals surface area contributed by atoms with Gasteiger partial charge in [0.2, 0.25) is 5.91 Å². The van der Waals surface area contributed by atoms with Gasteiger partial charge in [-0.15, -0.1) is 0 Å². The van der Waals surface area contributed by atoms with E-state index < -0.39 is 0 Å². The summed E-state index contributed by atoms with van der Waals surface area (Å²) in [7, 11) is 0. The lowest BCUT2D eigenvalue weighted by Gasteiger charge is -2.08. The highest BCUT2D eigenvalue weighted by Crippen LogP contribution is 2.17. The molecule has 0 fully saturated rings. The standard InChI is InChI=1S/C23H27NO4/c1-2-16-27-21-13-6-12-20(18-21)24-22(25)14-7-15-23(26)28-17-8-11-19-9-4-3-5-10-19/h2-6,9-10,12-13,18H,1,7-8,11,14-17H2,(H,24,25). The minimum absolute atomic E-state index is 0.141. The Morgan fingerprint density at radius 3 is 2.61 bits per heavy atom. The number of amides is 1. The predicted molar refractivity (Wildman–Crippen MR) is 110 cm³/mol. The Morgan fingerprint density at radius 1 is 1.00 bits per heavy atom. The molecule has 0 bridgehead atoms. The van der Waals surface area contributed by atoms with Crippen molar-refractivity contribution >= 4 is 17.6 Å². The predicted octanol–water partition coefficient (Wildman–Crippen LogP) is 4.54. The maximum Gasteiger partial charge on any atom is 0.305 e. The molecule has 2 aromatic carbocycles. The fourth-order valence-electron chi connectivity index (χ4n) is 2.61. The fraction of sp³-hybridized carbons (Fsp3) is 0.304. The van der Waals surface area contributed by atoms with Gasteiger partial charge in [-0.05, 0) is 37.0 Å². The minimum Gasteiger partial charge on any atom is -0.489 e. The first-order chi connectivity index (χ1) is 13.7. The monoisotopic (exact) mass is 381 g/mol. The van der Waals surface area contributed by atoms with Crippen molar-refractivity contribution in [3.8, 4) is 5.75 Å². The Hall–Kier alpha value is -3.08. The molecule has 0 saturated heterocycles. The van der Waals surface area contributed by atoms with Gasteiger partial charge >= 0.3 is 5.97 Å². The van der Waals surface area contributed by atoms with Crippen LogP contribution < -0.4 is 10.1 Å². The molecule has 0 aliphatic heterocycles. The third-order valence-corrected chi connectivity index (χ3v) is 3.99. The molecule has 0 unspecified atom stereocenters. The van der Waals surface area contributed by atoms with Crippen LogP contribution in [-0.4, -0.2) is 25.1 Å². The van der Waals surface area contributed by atoms with Gasteiger partial charge in [-0.3, -0.25) is 9.59 Å². The van der Waals surface area contributed by atoms with E-state index in [0.29, 0.717) is 31.1 Å². The van der Waals surface area contributed by atoms with Gasteiger partial charge in [0.1, 0.15) is 12.4 Å². The Labute approximate surface area is 166 Å². The van der Waals surface area contributed by atoms with E-state index in [1.165, 1.54) is 5.56 Å². The second kappa shape index (κ2) is 12.3. The molecule has 28 heavy (non-hydrogen) atoms. The molecule has 2 aromatic rings. The molecule has 0 aromatic heterocycles. The number of aryl methyl sites for hydroxylation is 1. The molecular weight excluding hydrogens is 354 g/mol. The van der Waals surface area contributed by atoms with Gasteiger partial charge in [-0.25, -0.2) is 0 Å². The average Bonchev–Trinajstić information content (AvgIpc) is 2.71. The maximum absolute atomic E-state index is 12.0. The molecule has 0 aliphatic carbocycles. The molecular formula is C23H27NO4. The second-order valence-corrected chi connectivity index (χ2v) is 6.34.